The maximum Gasteiger partial charge on any atom is 0.323 e. The molecule has 0 radical (unpaired) electrons. The third-order valence-corrected chi connectivity index (χ3v) is 2.99. The van der Waals surface area contributed by atoms with Gasteiger partial charge in [-0.2, -0.15) is 0 Å². The zero-order valence-corrected chi connectivity index (χ0v) is 8.72. The number of morpholine rings is 1. The van der Waals surface area contributed by atoms with Crippen LogP contribution in [0.3, 0.4) is 0 Å². The third kappa shape index (κ3) is 2.68. The number of carboxylic acid groups (broad SMARTS) is 1. The van der Waals surface area contributed by atoms with Crippen LogP contribution < -0.4 is 0 Å². The van der Waals surface area contributed by atoms with Crippen LogP contribution in [-0.4, -0.2) is 61.0 Å². The molecule has 2 rings (SSSR count). The Hall–Kier alpha value is -0.650. The van der Waals surface area contributed by atoms with Crippen molar-refractivity contribution in [2.24, 2.45) is 0 Å². The summed E-state index contributed by atoms with van der Waals surface area (Å²) >= 11 is 0. The molecule has 2 aliphatic rings. The highest BCUT2D eigenvalue weighted by atomic mass is 16.5. The summed E-state index contributed by atoms with van der Waals surface area (Å²) in [6.07, 6.45) is 2.35. The van der Waals surface area contributed by atoms with Crippen molar-refractivity contribution in [3.8, 4) is 0 Å². The molecule has 0 aromatic heterocycles. The normalized spacial score (nSPS) is 33.1. The molecule has 0 bridgehead atoms. The average Bonchev–Trinajstić information content (AvgIpc) is 2.71. The highest BCUT2D eigenvalue weighted by molar-refractivity contribution is 5.73. The van der Waals surface area contributed by atoms with Crippen LogP contribution in [0.2, 0.25) is 0 Å². The fourth-order valence-corrected chi connectivity index (χ4v) is 2.13. The molecular formula is C10H17NO4. The molecule has 2 aliphatic heterocycles. The van der Waals surface area contributed by atoms with Crippen molar-refractivity contribution in [1.82, 2.24) is 4.90 Å². The second kappa shape index (κ2) is 4.92. The molecule has 86 valence electrons. The van der Waals surface area contributed by atoms with Gasteiger partial charge in [-0.3, -0.25) is 9.69 Å². The van der Waals surface area contributed by atoms with Crippen LogP contribution in [0.25, 0.3) is 0 Å². The number of carbonyl (C=O) groups is 1. The molecule has 0 spiro atoms. The van der Waals surface area contributed by atoms with Crippen LogP contribution in [0.1, 0.15) is 12.8 Å². The minimum absolute atomic E-state index is 0.213. The molecule has 2 fully saturated rings. The summed E-state index contributed by atoms with van der Waals surface area (Å²) in [6.45, 7) is 3.14. The number of nitrogens with zero attached hydrogens (tertiary/aromatic N) is 1. The second-order valence-electron chi connectivity index (χ2n) is 4.06. The van der Waals surface area contributed by atoms with Crippen LogP contribution in [0.15, 0.2) is 0 Å². The van der Waals surface area contributed by atoms with Gasteiger partial charge in [-0.25, -0.2) is 0 Å². The number of rotatable bonds is 3. The molecule has 0 saturated carbocycles. The summed E-state index contributed by atoms with van der Waals surface area (Å²) in [6, 6.07) is -0.497. The van der Waals surface area contributed by atoms with E-state index in [1.165, 1.54) is 0 Å². The van der Waals surface area contributed by atoms with E-state index in [4.69, 9.17) is 14.6 Å². The van der Waals surface area contributed by atoms with E-state index in [1.807, 2.05) is 4.90 Å². The van der Waals surface area contributed by atoms with Gasteiger partial charge in [0.15, 0.2) is 0 Å². The highest BCUT2D eigenvalue weighted by Crippen LogP contribution is 2.16. The van der Waals surface area contributed by atoms with Gasteiger partial charge in [0.25, 0.3) is 0 Å². The van der Waals surface area contributed by atoms with E-state index >= 15 is 0 Å². The zero-order valence-electron chi connectivity index (χ0n) is 8.72. The van der Waals surface area contributed by atoms with Crippen molar-refractivity contribution in [2.45, 2.75) is 25.0 Å². The molecule has 5 heteroatoms. The fraction of sp³-hybridized carbons (Fsp3) is 0.900. The first-order valence-electron chi connectivity index (χ1n) is 5.43. The van der Waals surface area contributed by atoms with Gasteiger partial charge >= 0.3 is 5.97 Å². The van der Waals surface area contributed by atoms with E-state index in [1.54, 1.807) is 0 Å². The van der Waals surface area contributed by atoms with E-state index in [0.29, 0.717) is 19.8 Å². The molecule has 1 N–H and O–H groups in total. The Labute approximate surface area is 89.0 Å². The topological polar surface area (TPSA) is 59.0 Å². The van der Waals surface area contributed by atoms with Crippen LogP contribution in [0.5, 0.6) is 0 Å². The SMILES string of the molecule is O=C(O)C1COCCN1CC1CCCO1. The number of ether oxygens (including phenoxy) is 2. The molecule has 2 saturated heterocycles. The zero-order chi connectivity index (χ0) is 10.7. The van der Waals surface area contributed by atoms with E-state index in [2.05, 4.69) is 0 Å². The Kier molecular flexibility index (Phi) is 3.56. The third-order valence-electron chi connectivity index (χ3n) is 2.99. The van der Waals surface area contributed by atoms with E-state index < -0.39 is 12.0 Å². The van der Waals surface area contributed by atoms with Crippen molar-refractivity contribution in [2.75, 3.05) is 32.9 Å². The van der Waals surface area contributed by atoms with Crippen molar-refractivity contribution in [1.29, 1.82) is 0 Å². The molecule has 0 aliphatic carbocycles. The summed E-state index contributed by atoms with van der Waals surface area (Å²) in [4.78, 5) is 12.9. The van der Waals surface area contributed by atoms with Crippen LogP contribution in [-0.2, 0) is 14.3 Å². The lowest BCUT2D eigenvalue weighted by molar-refractivity contribution is -0.150. The van der Waals surface area contributed by atoms with Crippen molar-refractivity contribution in [3.63, 3.8) is 0 Å². The lowest BCUT2D eigenvalue weighted by atomic mass is 10.1. The second-order valence-corrected chi connectivity index (χ2v) is 4.06. The fourth-order valence-electron chi connectivity index (χ4n) is 2.13. The smallest absolute Gasteiger partial charge is 0.323 e. The molecule has 0 amide bonds. The van der Waals surface area contributed by atoms with Crippen LogP contribution in [0.4, 0.5) is 0 Å². The van der Waals surface area contributed by atoms with Gasteiger partial charge in [-0.05, 0) is 12.8 Å². The van der Waals surface area contributed by atoms with Gasteiger partial charge in [-0.15, -0.1) is 0 Å². The summed E-state index contributed by atoms with van der Waals surface area (Å²) < 4.78 is 10.7. The monoisotopic (exact) mass is 215 g/mol. The minimum Gasteiger partial charge on any atom is -0.480 e. The number of aliphatic carboxylic acids is 1. The number of hydrogen-bond donors (Lipinski definition) is 1. The van der Waals surface area contributed by atoms with Gasteiger partial charge < -0.3 is 14.6 Å². The molecule has 2 unspecified atom stereocenters. The molecule has 0 aromatic rings. The van der Waals surface area contributed by atoms with Crippen molar-refractivity contribution < 1.29 is 19.4 Å². The van der Waals surface area contributed by atoms with E-state index in [0.717, 1.165) is 26.0 Å². The summed E-state index contributed by atoms with van der Waals surface area (Å²) in [5.74, 6) is -0.798. The number of carboxylic acids is 1. The molecule has 2 heterocycles. The van der Waals surface area contributed by atoms with Crippen molar-refractivity contribution in [3.05, 3.63) is 0 Å². The summed E-state index contributed by atoms with van der Waals surface area (Å²) in [5.41, 5.74) is 0. The highest BCUT2D eigenvalue weighted by Gasteiger charge is 2.31. The molecule has 15 heavy (non-hydrogen) atoms. The largest absolute Gasteiger partial charge is 0.480 e. The van der Waals surface area contributed by atoms with E-state index in [-0.39, 0.29) is 6.10 Å². The first kappa shape index (κ1) is 10.9. The Bertz CT molecular complexity index is 227. The van der Waals surface area contributed by atoms with Crippen LogP contribution >= 0.6 is 0 Å². The van der Waals surface area contributed by atoms with Gasteiger partial charge in [0.1, 0.15) is 6.04 Å². The van der Waals surface area contributed by atoms with E-state index in [9.17, 15) is 4.79 Å². The first-order valence-corrected chi connectivity index (χ1v) is 5.43. The Morgan fingerprint density at radius 3 is 3.00 bits per heavy atom. The Balaban J connectivity index is 1.89. The molecule has 0 aromatic carbocycles. The lowest BCUT2D eigenvalue weighted by Crippen LogP contribution is -2.52. The van der Waals surface area contributed by atoms with Gasteiger partial charge in [0, 0.05) is 19.7 Å². The standard InChI is InChI=1S/C10H17NO4/c12-10(13)9-7-14-5-3-11(9)6-8-2-1-4-15-8/h8-9H,1-7H2,(H,12,13). The summed E-state index contributed by atoms with van der Waals surface area (Å²) in [7, 11) is 0. The predicted octanol–water partition coefficient (Wildman–Crippen LogP) is -0.0492. The Morgan fingerprint density at radius 1 is 1.47 bits per heavy atom. The molecule has 5 nitrogen and oxygen atoms in total. The lowest BCUT2D eigenvalue weighted by Gasteiger charge is -2.34. The van der Waals surface area contributed by atoms with Crippen LogP contribution in [0, 0.1) is 0 Å². The van der Waals surface area contributed by atoms with Crippen molar-refractivity contribution >= 4 is 5.97 Å². The summed E-state index contributed by atoms with van der Waals surface area (Å²) in [5, 5.41) is 9.02. The van der Waals surface area contributed by atoms with Gasteiger partial charge in [0.2, 0.25) is 0 Å². The van der Waals surface area contributed by atoms with Gasteiger partial charge in [0.05, 0.1) is 19.3 Å². The van der Waals surface area contributed by atoms with Gasteiger partial charge in [-0.1, -0.05) is 0 Å². The average molecular weight is 215 g/mol. The quantitative estimate of drug-likeness (QED) is 0.715. The number of hydrogen-bond acceptors (Lipinski definition) is 4. The molecule has 2 atom stereocenters. The predicted molar refractivity (Wildman–Crippen MR) is 52.8 cm³/mol. The Morgan fingerprint density at radius 2 is 2.33 bits per heavy atom. The maximum absolute atomic E-state index is 11.0. The maximum atomic E-state index is 11.0. The molecular weight excluding hydrogens is 198 g/mol. The first-order chi connectivity index (χ1) is 7.27. The minimum atomic E-state index is -0.798.